The molecule has 2 rings (SSSR count). The van der Waals surface area contributed by atoms with E-state index in [0.717, 1.165) is 13.2 Å². The summed E-state index contributed by atoms with van der Waals surface area (Å²) in [6, 6.07) is 0. The maximum atomic E-state index is 5.67. The minimum atomic E-state index is 0.372. The van der Waals surface area contributed by atoms with Crippen molar-refractivity contribution in [2.75, 3.05) is 32.8 Å². The van der Waals surface area contributed by atoms with E-state index in [-0.39, 0.29) is 0 Å². The Hall–Kier alpha value is -0.120. The molecule has 1 saturated heterocycles. The molecule has 2 fully saturated rings. The summed E-state index contributed by atoms with van der Waals surface area (Å²) >= 11 is 0. The second-order valence-electron chi connectivity index (χ2n) is 5.77. The Morgan fingerprint density at radius 1 is 1.29 bits per heavy atom. The Bertz CT molecular complexity index is 226. The van der Waals surface area contributed by atoms with Crippen LogP contribution in [0.25, 0.3) is 0 Å². The Labute approximate surface area is 106 Å². The van der Waals surface area contributed by atoms with Crippen molar-refractivity contribution in [2.24, 2.45) is 0 Å². The van der Waals surface area contributed by atoms with Gasteiger partial charge in [-0.1, -0.05) is 12.8 Å². The van der Waals surface area contributed by atoms with Crippen LogP contribution in [0.4, 0.5) is 0 Å². The first-order chi connectivity index (χ1) is 8.24. The number of rotatable bonds is 4. The van der Waals surface area contributed by atoms with Gasteiger partial charge < -0.3 is 10.1 Å². The van der Waals surface area contributed by atoms with Gasteiger partial charge in [0.1, 0.15) is 0 Å². The first-order valence-electron chi connectivity index (χ1n) is 7.33. The van der Waals surface area contributed by atoms with E-state index in [1.165, 1.54) is 51.7 Å². The van der Waals surface area contributed by atoms with E-state index in [1.54, 1.807) is 0 Å². The number of nitrogens with zero attached hydrogens (tertiary/aromatic N) is 1. The van der Waals surface area contributed by atoms with Crippen LogP contribution in [0.2, 0.25) is 0 Å². The number of ether oxygens (including phenoxy) is 1. The van der Waals surface area contributed by atoms with Crippen LogP contribution in [-0.2, 0) is 4.74 Å². The summed E-state index contributed by atoms with van der Waals surface area (Å²) in [5, 5.41) is 3.81. The first kappa shape index (κ1) is 13.3. The van der Waals surface area contributed by atoms with Crippen molar-refractivity contribution in [2.45, 2.75) is 57.6 Å². The van der Waals surface area contributed by atoms with Gasteiger partial charge in [0, 0.05) is 25.2 Å². The third-order valence-electron chi connectivity index (χ3n) is 4.20. The molecule has 0 bridgehead atoms. The van der Waals surface area contributed by atoms with Crippen LogP contribution in [0.5, 0.6) is 0 Å². The minimum absolute atomic E-state index is 0.372. The van der Waals surface area contributed by atoms with Gasteiger partial charge in [0.25, 0.3) is 0 Å². The second kappa shape index (κ2) is 6.17. The van der Waals surface area contributed by atoms with Gasteiger partial charge in [-0.15, -0.1) is 0 Å². The van der Waals surface area contributed by atoms with Crippen molar-refractivity contribution in [1.29, 1.82) is 0 Å². The molecule has 100 valence electrons. The molecule has 1 atom stereocenters. The zero-order valence-electron chi connectivity index (χ0n) is 11.5. The summed E-state index contributed by atoms with van der Waals surface area (Å²) in [6.45, 7) is 9.86. The highest BCUT2D eigenvalue weighted by Gasteiger charge is 2.36. The highest BCUT2D eigenvalue weighted by Crippen LogP contribution is 2.31. The van der Waals surface area contributed by atoms with Crippen molar-refractivity contribution in [3.8, 4) is 0 Å². The molecule has 0 aromatic carbocycles. The van der Waals surface area contributed by atoms with Crippen molar-refractivity contribution in [1.82, 2.24) is 10.2 Å². The van der Waals surface area contributed by atoms with E-state index in [0.29, 0.717) is 11.6 Å². The van der Waals surface area contributed by atoms with Crippen LogP contribution in [-0.4, -0.2) is 49.3 Å². The maximum Gasteiger partial charge on any atom is 0.0673 e. The molecule has 3 nitrogen and oxygen atoms in total. The Morgan fingerprint density at radius 2 is 2.06 bits per heavy atom. The van der Waals surface area contributed by atoms with Crippen LogP contribution in [0.3, 0.4) is 0 Å². The quantitative estimate of drug-likeness (QED) is 0.813. The van der Waals surface area contributed by atoms with Gasteiger partial charge >= 0.3 is 0 Å². The van der Waals surface area contributed by atoms with E-state index in [1.807, 2.05) is 0 Å². The Kier molecular flexibility index (Phi) is 4.83. The molecule has 1 spiro atoms. The molecule has 0 aromatic rings. The molecule has 0 amide bonds. The summed E-state index contributed by atoms with van der Waals surface area (Å²) in [6.07, 6.45) is 7.19. The second-order valence-corrected chi connectivity index (χ2v) is 5.77. The Balaban J connectivity index is 1.88. The largest absolute Gasteiger partial charge is 0.377 e. The standard InChI is InChI=1S/C14H28N2O/c1-3-17-13(2)11-16-10-6-9-15-14(12-16)7-4-5-8-14/h13,15H,3-12H2,1-2H3. The third kappa shape index (κ3) is 3.67. The summed E-state index contributed by atoms with van der Waals surface area (Å²) in [4.78, 5) is 2.62. The zero-order valence-corrected chi connectivity index (χ0v) is 11.5. The van der Waals surface area contributed by atoms with Crippen LogP contribution in [0, 0.1) is 0 Å². The first-order valence-corrected chi connectivity index (χ1v) is 7.33. The van der Waals surface area contributed by atoms with E-state index in [2.05, 4.69) is 24.1 Å². The number of nitrogens with one attached hydrogen (secondary N) is 1. The van der Waals surface area contributed by atoms with Gasteiger partial charge in [-0.3, -0.25) is 4.90 Å². The molecule has 1 N–H and O–H groups in total. The highest BCUT2D eigenvalue weighted by molar-refractivity contribution is 4.97. The molecule has 1 saturated carbocycles. The van der Waals surface area contributed by atoms with Gasteiger partial charge in [0.2, 0.25) is 0 Å². The molecule has 2 aliphatic rings. The third-order valence-corrected chi connectivity index (χ3v) is 4.20. The van der Waals surface area contributed by atoms with E-state index in [9.17, 15) is 0 Å². The van der Waals surface area contributed by atoms with Gasteiger partial charge in [0.15, 0.2) is 0 Å². The SMILES string of the molecule is CCOC(C)CN1CCCNC2(CCCC2)C1. The van der Waals surface area contributed by atoms with E-state index >= 15 is 0 Å². The van der Waals surface area contributed by atoms with Crippen LogP contribution < -0.4 is 5.32 Å². The molecule has 1 aliphatic heterocycles. The molecule has 1 heterocycles. The maximum absolute atomic E-state index is 5.67. The van der Waals surface area contributed by atoms with Crippen LogP contribution >= 0.6 is 0 Å². The van der Waals surface area contributed by atoms with Crippen molar-refractivity contribution in [3.05, 3.63) is 0 Å². The minimum Gasteiger partial charge on any atom is -0.377 e. The van der Waals surface area contributed by atoms with Crippen molar-refractivity contribution < 1.29 is 4.74 Å². The monoisotopic (exact) mass is 240 g/mol. The van der Waals surface area contributed by atoms with Crippen molar-refractivity contribution in [3.63, 3.8) is 0 Å². The lowest BCUT2D eigenvalue weighted by molar-refractivity contribution is 0.0410. The lowest BCUT2D eigenvalue weighted by Gasteiger charge is -2.34. The summed E-state index contributed by atoms with van der Waals surface area (Å²) in [7, 11) is 0. The van der Waals surface area contributed by atoms with Crippen LogP contribution in [0.15, 0.2) is 0 Å². The molecule has 3 heteroatoms. The molecule has 0 radical (unpaired) electrons. The summed E-state index contributed by atoms with van der Waals surface area (Å²) < 4.78 is 5.67. The fourth-order valence-electron chi connectivity index (χ4n) is 3.46. The summed E-state index contributed by atoms with van der Waals surface area (Å²) in [5.41, 5.74) is 0.433. The average Bonchev–Trinajstić information content (AvgIpc) is 2.63. The molecule has 1 aliphatic carbocycles. The van der Waals surface area contributed by atoms with Crippen LogP contribution in [0.1, 0.15) is 46.0 Å². The molecule has 1 unspecified atom stereocenters. The normalized spacial score (nSPS) is 27.2. The highest BCUT2D eigenvalue weighted by atomic mass is 16.5. The lowest BCUT2D eigenvalue weighted by atomic mass is 9.97. The summed E-state index contributed by atoms with van der Waals surface area (Å²) in [5.74, 6) is 0. The predicted octanol–water partition coefficient (Wildman–Crippen LogP) is 2.02. The molecule has 0 aromatic heterocycles. The molecular weight excluding hydrogens is 212 g/mol. The van der Waals surface area contributed by atoms with E-state index in [4.69, 9.17) is 4.74 Å². The van der Waals surface area contributed by atoms with Crippen molar-refractivity contribution >= 4 is 0 Å². The zero-order chi connectivity index (χ0) is 12.1. The topological polar surface area (TPSA) is 24.5 Å². The van der Waals surface area contributed by atoms with E-state index < -0.39 is 0 Å². The lowest BCUT2D eigenvalue weighted by Crippen LogP contribution is -2.50. The average molecular weight is 240 g/mol. The predicted molar refractivity (Wildman–Crippen MR) is 71.3 cm³/mol. The van der Waals surface area contributed by atoms with Gasteiger partial charge in [-0.25, -0.2) is 0 Å². The number of hydrogen-bond donors (Lipinski definition) is 1. The Morgan fingerprint density at radius 3 is 2.76 bits per heavy atom. The molecule has 17 heavy (non-hydrogen) atoms. The van der Waals surface area contributed by atoms with Gasteiger partial charge in [-0.05, 0) is 46.2 Å². The van der Waals surface area contributed by atoms with Gasteiger partial charge in [0.05, 0.1) is 6.10 Å². The van der Waals surface area contributed by atoms with Gasteiger partial charge in [-0.2, -0.15) is 0 Å². The smallest absolute Gasteiger partial charge is 0.0673 e. The fraction of sp³-hybridized carbons (Fsp3) is 1.00. The molecular formula is C14H28N2O. The fourth-order valence-corrected chi connectivity index (χ4v) is 3.46. The number of hydrogen-bond acceptors (Lipinski definition) is 3.